The summed E-state index contributed by atoms with van der Waals surface area (Å²) in [6.45, 7) is 0. The van der Waals surface area contributed by atoms with Gasteiger partial charge in [-0.2, -0.15) is 13.2 Å². The summed E-state index contributed by atoms with van der Waals surface area (Å²) < 4.78 is 83.4. The number of hydrogen-bond acceptors (Lipinski definition) is 4. The number of hydrogen-bond donors (Lipinski definition) is 1. The maximum atomic E-state index is 13.2. The Morgan fingerprint density at radius 3 is 2.21 bits per heavy atom. The number of halogens is 5. The van der Waals surface area contributed by atoms with Crippen LogP contribution in [0.25, 0.3) is 0 Å². The van der Waals surface area contributed by atoms with Crippen molar-refractivity contribution in [2.45, 2.75) is 23.2 Å². The van der Waals surface area contributed by atoms with Gasteiger partial charge in [-0.25, -0.2) is 12.8 Å². The van der Waals surface area contributed by atoms with E-state index in [-0.39, 0.29) is 27.0 Å². The molecule has 0 heterocycles. The van der Waals surface area contributed by atoms with Crippen molar-refractivity contribution in [3.8, 4) is 11.5 Å². The van der Waals surface area contributed by atoms with E-state index in [0.29, 0.717) is 5.56 Å². The Balaban J connectivity index is 1.88. The fraction of sp³-hybridized carbons (Fsp3) is 0.136. The first kappa shape index (κ1) is 24.5. The number of rotatable bonds is 7. The molecule has 0 aliphatic rings. The third-order valence-corrected chi connectivity index (χ3v) is 6.41. The van der Waals surface area contributed by atoms with Crippen LogP contribution < -0.4 is 10.5 Å². The molecule has 0 saturated heterocycles. The van der Waals surface area contributed by atoms with Gasteiger partial charge < -0.3 is 10.5 Å². The number of primary amides is 1. The number of benzene rings is 3. The SMILES string of the molecule is NC(=O)Cc1cc(Oc2ccc(S(=O)(=O)Cc3ccc(F)cc3)cc2Cl)cc(C(F)(F)F)c1. The Labute approximate surface area is 191 Å². The molecular formula is C22H16ClF4NO4S. The van der Waals surface area contributed by atoms with Gasteiger partial charge in [0.05, 0.1) is 27.7 Å². The molecule has 3 aromatic carbocycles. The van der Waals surface area contributed by atoms with Crippen LogP contribution in [0.1, 0.15) is 16.7 Å². The van der Waals surface area contributed by atoms with E-state index in [1.807, 2.05) is 0 Å². The van der Waals surface area contributed by atoms with E-state index in [1.165, 1.54) is 30.3 Å². The van der Waals surface area contributed by atoms with Crippen molar-refractivity contribution in [1.82, 2.24) is 0 Å². The highest BCUT2D eigenvalue weighted by atomic mass is 35.5. The van der Waals surface area contributed by atoms with E-state index < -0.39 is 45.5 Å². The van der Waals surface area contributed by atoms with Crippen LogP contribution in [0.4, 0.5) is 17.6 Å². The van der Waals surface area contributed by atoms with Gasteiger partial charge in [0.2, 0.25) is 5.91 Å². The van der Waals surface area contributed by atoms with E-state index in [1.54, 1.807) is 0 Å². The number of ether oxygens (including phenoxy) is 1. The minimum atomic E-state index is -4.70. The number of sulfone groups is 1. The minimum Gasteiger partial charge on any atom is -0.456 e. The molecule has 0 radical (unpaired) electrons. The molecule has 2 N–H and O–H groups in total. The predicted octanol–water partition coefficient (Wildman–Crippen LogP) is 5.29. The van der Waals surface area contributed by atoms with Gasteiger partial charge in [0.25, 0.3) is 0 Å². The van der Waals surface area contributed by atoms with Gasteiger partial charge in [0, 0.05) is 0 Å². The lowest BCUT2D eigenvalue weighted by molar-refractivity contribution is -0.137. The number of alkyl halides is 3. The van der Waals surface area contributed by atoms with Crippen molar-refractivity contribution in [2.75, 3.05) is 0 Å². The standard InChI is InChI=1S/C22H16ClF4NO4S/c23-19-11-18(33(30,31)12-13-1-3-16(24)4-2-13)5-6-20(19)32-17-8-14(9-21(28)29)7-15(10-17)22(25,26)27/h1-8,10-11H,9,12H2,(H2,28,29). The summed E-state index contributed by atoms with van der Waals surface area (Å²) in [5.41, 5.74) is 4.37. The normalized spacial score (nSPS) is 11.9. The molecule has 0 saturated carbocycles. The summed E-state index contributed by atoms with van der Waals surface area (Å²) >= 11 is 6.13. The van der Waals surface area contributed by atoms with Crippen LogP contribution >= 0.6 is 11.6 Å². The molecule has 5 nitrogen and oxygen atoms in total. The molecule has 0 aliphatic carbocycles. The molecule has 0 bridgehead atoms. The maximum absolute atomic E-state index is 13.2. The molecule has 0 spiro atoms. The summed E-state index contributed by atoms with van der Waals surface area (Å²) in [7, 11) is -3.85. The topological polar surface area (TPSA) is 86.5 Å². The molecular weight excluding hydrogens is 486 g/mol. The highest BCUT2D eigenvalue weighted by Gasteiger charge is 2.31. The number of amides is 1. The number of nitrogens with two attached hydrogens (primary N) is 1. The average Bonchev–Trinajstić information content (AvgIpc) is 2.69. The van der Waals surface area contributed by atoms with Gasteiger partial charge in [-0.3, -0.25) is 4.79 Å². The van der Waals surface area contributed by atoms with Crippen LogP contribution in [-0.4, -0.2) is 14.3 Å². The van der Waals surface area contributed by atoms with Crippen molar-refractivity contribution in [3.63, 3.8) is 0 Å². The van der Waals surface area contributed by atoms with Crippen LogP contribution in [0.15, 0.2) is 65.6 Å². The Morgan fingerprint density at radius 2 is 1.64 bits per heavy atom. The average molecular weight is 502 g/mol. The third-order valence-electron chi connectivity index (χ3n) is 4.43. The highest BCUT2D eigenvalue weighted by molar-refractivity contribution is 7.90. The summed E-state index contributed by atoms with van der Waals surface area (Å²) in [6, 6.07) is 11.2. The molecule has 0 unspecified atom stereocenters. The van der Waals surface area contributed by atoms with Gasteiger partial charge in [-0.15, -0.1) is 0 Å². The molecule has 1 amide bonds. The number of carbonyl (C=O) groups excluding carboxylic acids is 1. The molecule has 11 heteroatoms. The monoisotopic (exact) mass is 501 g/mol. The van der Waals surface area contributed by atoms with Gasteiger partial charge >= 0.3 is 6.18 Å². The summed E-state index contributed by atoms with van der Waals surface area (Å²) in [5.74, 6) is -2.09. The Kier molecular flexibility index (Phi) is 6.99. The zero-order valence-corrected chi connectivity index (χ0v) is 18.3. The molecule has 174 valence electrons. The van der Waals surface area contributed by atoms with Crippen molar-refractivity contribution in [1.29, 1.82) is 0 Å². The first-order valence-electron chi connectivity index (χ1n) is 9.27. The van der Waals surface area contributed by atoms with Crippen molar-refractivity contribution >= 4 is 27.3 Å². The molecule has 33 heavy (non-hydrogen) atoms. The number of carbonyl (C=O) groups is 1. The van der Waals surface area contributed by atoms with Crippen molar-refractivity contribution < 1.29 is 35.5 Å². The van der Waals surface area contributed by atoms with Crippen LogP contribution in [-0.2, 0) is 33.0 Å². The predicted molar refractivity (Wildman–Crippen MR) is 113 cm³/mol. The maximum Gasteiger partial charge on any atom is 0.416 e. The van der Waals surface area contributed by atoms with E-state index in [0.717, 1.165) is 30.3 Å². The second-order valence-electron chi connectivity index (χ2n) is 7.09. The van der Waals surface area contributed by atoms with Gasteiger partial charge in [-0.1, -0.05) is 23.7 Å². The lowest BCUT2D eigenvalue weighted by Crippen LogP contribution is -2.14. The van der Waals surface area contributed by atoms with Crippen LogP contribution in [0.2, 0.25) is 5.02 Å². The summed E-state index contributed by atoms with van der Waals surface area (Å²) in [5, 5.41) is -0.163. The van der Waals surface area contributed by atoms with Gasteiger partial charge in [0.15, 0.2) is 9.84 Å². The molecule has 0 aliphatic heterocycles. The van der Waals surface area contributed by atoms with E-state index >= 15 is 0 Å². The first-order valence-corrected chi connectivity index (χ1v) is 11.3. The van der Waals surface area contributed by atoms with Crippen molar-refractivity contribution in [2.24, 2.45) is 5.73 Å². The van der Waals surface area contributed by atoms with Gasteiger partial charge in [0.1, 0.15) is 17.3 Å². The molecule has 3 aromatic rings. The fourth-order valence-electron chi connectivity index (χ4n) is 2.95. The van der Waals surface area contributed by atoms with E-state index in [9.17, 15) is 30.8 Å². The quantitative estimate of drug-likeness (QED) is 0.446. The zero-order valence-electron chi connectivity index (χ0n) is 16.7. The third kappa shape index (κ3) is 6.45. The second-order valence-corrected chi connectivity index (χ2v) is 9.48. The van der Waals surface area contributed by atoms with E-state index in [2.05, 4.69) is 0 Å². The summed E-state index contributed by atoms with van der Waals surface area (Å²) in [4.78, 5) is 11.0. The van der Waals surface area contributed by atoms with E-state index in [4.69, 9.17) is 22.1 Å². The zero-order chi connectivity index (χ0) is 24.4. The Bertz CT molecular complexity index is 1290. The minimum absolute atomic E-state index is 0.0121. The lowest BCUT2D eigenvalue weighted by atomic mass is 10.1. The molecule has 3 rings (SSSR count). The van der Waals surface area contributed by atoms with Gasteiger partial charge in [-0.05, 0) is 59.7 Å². The largest absolute Gasteiger partial charge is 0.456 e. The Morgan fingerprint density at radius 1 is 0.970 bits per heavy atom. The summed E-state index contributed by atoms with van der Waals surface area (Å²) in [6.07, 6.45) is -5.14. The second kappa shape index (κ2) is 9.40. The molecule has 0 atom stereocenters. The fourth-order valence-corrected chi connectivity index (χ4v) is 4.61. The van der Waals surface area contributed by atoms with Crippen molar-refractivity contribution in [3.05, 3.63) is 88.2 Å². The molecule has 0 fully saturated rings. The molecule has 0 aromatic heterocycles. The first-order chi connectivity index (χ1) is 15.3. The van der Waals surface area contributed by atoms with Crippen LogP contribution in [0.5, 0.6) is 11.5 Å². The Hall–Kier alpha value is -3.11. The van der Waals surface area contributed by atoms with Crippen LogP contribution in [0, 0.1) is 5.82 Å². The highest BCUT2D eigenvalue weighted by Crippen LogP contribution is 2.36. The van der Waals surface area contributed by atoms with Crippen LogP contribution in [0.3, 0.4) is 0 Å². The lowest BCUT2D eigenvalue weighted by Gasteiger charge is -2.14. The smallest absolute Gasteiger partial charge is 0.416 e.